The Hall–Kier alpha value is -1.23. The predicted octanol–water partition coefficient (Wildman–Crippen LogP) is 6.85. The third kappa shape index (κ3) is 6.49. The van der Waals surface area contributed by atoms with E-state index in [4.69, 9.17) is 27.9 Å². The lowest BCUT2D eigenvalue weighted by Crippen LogP contribution is -2.13. The van der Waals surface area contributed by atoms with Crippen molar-refractivity contribution in [3.63, 3.8) is 0 Å². The van der Waals surface area contributed by atoms with E-state index < -0.39 is 0 Å². The van der Waals surface area contributed by atoms with Crippen molar-refractivity contribution in [2.45, 2.75) is 39.0 Å². The molecule has 3 nitrogen and oxygen atoms in total. The van der Waals surface area contributed by atoms with E-state index in [9.17, 15) is 4.79 Å². The molecule has 6 heteroatoms. The van der Waals surface area contributed by atoms with E-state index >= 15 is 0 Å². The first-order valence-corrected chi connectivity index (χ1v) is 9.89. The van der Waals surface area contributed by atoms with Crippen molar-refractivity contribution in [1.82, 2.24) is 0 Å². The molecular formula is C20H22BrCl2NO2. The van der Waals surface area contributed by atoms with Crippen LogP contribution in [0.3, 0.4) is 0 Å². The van der Waals surface area contributed by atoms with Crippen LogP contribution in [0.4, 0.5) is 5.69 Å². The Morgan fingerprint density at radius 3 is 2.35 bits per heavy atom. The molecule has 0 aliphatic carbocycles. The van der Waals surface area contributed by atoms with Gasteiger partial charge in [-0.15, -0.1) is 0 Å². The molecule has 0 fully saturated rings. The SMILES string of the molecule is CC(C)(C)c1ccc(OCCCC(=O)Nc2cc(Cl)cc(Cl)c2)c(Br)c1. The smallest absolute Gasteiger partial charge is 0.224 e. The molecular weight excluding hydrogens is 437 g/mol. The first-order chi connectivity index (χ1) is 12.1. The number of benzene rings is 2. The van der Waals surface area contributed by atoms with Crippen LogP contribution in [0.2, 0.25) is 10.0 Å². The summed E-state index contributed by atoms with van der Waals surface area (Å²) < 4.78 is 6.69. The molecule has 2 aromatic carbocycles. The van der Waals surface area contributed by atoms with Crippen LogP contribution in [0.1, 0.15) is 39.2 Å². The topological polar surface area (TPSA) is 38.3 Å². The van der Waals surface area contributed by atoms with Gasteiger partial charge in [-0.3, -0.25) is 4.79 Å². The number of nitrogens with one attached hydrogen (secondary N) is 1. The Labute approximate surface area is 173 Å². The molecule has 0 bridgehead atoms. The summed E-state index contributed by atoms with van der Waals surface area (Å²) in [6, 6.07) is 11.0. The lowest BCUT2D eigenvalue weighted by Gasteiger charge is -2.20. The van der Waals surface area contributed by atoms with E-state index in [1.165, 1.54) is 5.56 Å². The number of anilines is 1. The summed E-state index contributed by atoms with van der Waals surface area (Å²) in [5.41, 5.74) is 1.91. The number of halogens is 3. The lowest BCUT2D eigenvalue weighted by molar-refractivity contribution is -0.116. The Kier molecular flexibility index (Phi) is 7.39. The highest BCUT2D eigenvalue weighted by molar-refractivity contribution is 9.10. The van der Waals surface area contributed by atoms with Gasteiger partial charge in [-0.05, 0) is 63.7 Å². The van der Waals surface area contributed by atoms with Gasteiger partial charge in [0, 0.05) is 22.2 Å². The van der Waals surface area contributed by atoms with Gasteiger partial charge in [0.1, 0.15) is 5.75 Å². The molecule has 0 aromatic heterocycles. The number of carbonyl (C=O) groups is 1. The molecule has 0 spiro atoms. The molecule has 0 saturated heterocycles. The maximum Gasteiger partial charge on any atom is 0.224 e. The Morgan fingerprint density at radius 1 is 1.12 bits per heavy atom. The van der Waals surface area contributed by atoms with Gasteiger partial charge in [-0.2, -0.15) is 0 Å². The zero-order valence-corrected chi connectivity index (χ0v) is 18.1. The van der Waals surface area contributed by atoms with Crippen LogP contribution < -0.4 is 10.1 Å². The summed E-state index contributed by atoms with van der Waals surface area (Å²) in [5, 5.41) is 3.76. The molecule has 0 atom stereocenters. The van der Waals surface area contributed by atoms with Gasteiger partial charge in [0.15, 0.2) is 0 Å². The van der Waals surface area contributed by atoms with Crippen molar-refractivity contribution in [3.05, 3.63) is 56.5 Å². The first-order valence-electron chi connectivity index (χ1n) is 8.34. The molecule has 0 saturated carbocycles. The van der Waals surface area contributed by atoms with Crippen molar-refractivity contribution < 1.29 is 9.53 Å². The zero-order chi connectivity index (χ0) is 19.3. The molecule has 0 radical (unpaired) electrons. The summed E-state index contributed by atoms with van der Waals surface area (Å²) in [6.45, 7) is 6.96. The first kappa shape index (κ1) is 21.1. The summed E-state index contributed by atoms with van der Waals surface area (Å²) in [5.74, 6) is 0.675. The minimum atomic E-state index is -0.103. The molecule has 1 amide bonds. The normalized spacial score (nSPS) is 11.3. The van der Waals surface area contributed by atoms with Crippen molar-refractivity contribution in [3.8, 4) is 5.75 Å². The number of carbonyl (C=O) groups excluding carboxylic acids is 1. The van der Waals surface area contributed by atoms with Crippen molar-refractivity contribution in [2.24, 2.45) is 0 Å². The molecule has 0 aliphatic heterocycles. The highest BCUT2D eigenvalue weighted by Gasteiger charge is 2.15. The van der Waals surface area contributed by atoms with Crippen LogP contribution in [0, 0.1) is 0 Å². The minimum Gasteiger partial charge on any atom is -0.492 e. The van der Waals surface area contributed by atoms with E-state index in [1.54, 1.807) is 18.2 Å². The Balaban J connectivity index is 1.80. The standard InChI is InChI=1S/C20H22BrCl2NO2/c1-20(2,3)13-6-7-18(17(21)9-13)26-8-4-5-19(25)24-16-11-14(22)10-15(23)12-16/h6-7,9-12H,4-5,8H2,1-3H3,(H,24,25). The average Bonchev–Trinajstić information content (AvgIpc) is 2.50. The number of rotatable bonds is 6. The highest BCUT2D eigenvalue weighted by Crippen LogP contribution is 2.31. The third-order valence-corrected chi connectivity index (χ3v) is 4.81. The summed E-state index contributed by atoms with van der Waals surface area (Å²) in [6.07, 6.45) is 0.954. The second kappa shape index (κ2) is 9.12. The molecule has 26 heavy (non-hydrogen) atoms. The van der Waals surface area contributed by atoms with Crippen LogP contribution in [0.25, 0.3) is 0 Å². The molecule has 0 aliphatic rings. The fourth-order valence-corrected chi connectivity index (χ4v) is 3.37. The van der Waals surface area contributed by atoms with Gasteiger partial charge in [-0.25, -0.2) is 0 Å². The molecule has 140 valence electrons. The molecule has 2 rings (SSSR count). The second-order valence-electron chi connectivity index (χ2n) is 7.05. The van der Waals surface area contributed by atoms with Crippen LogP contribution in [0.15, 0.2) is 40.9 Å². The van der Waals surface area contributed by atoms with Gasteiger partial charge in [0.25, 0.3) is 0 Å². The van der Waals surface area contributed by atoms with Crippen molar-refractivity contribution in [1.29, 1.82) is 0 Å². The summed E-state index contributed by atoms with van der Waals surface area (Å²) in [4.78, 5) is 12.0. The summed E-state index contributed by atoms with van der Waals surface area (Å²) >= 11 is 15.4. The van der Waals surface area contributed by atoms with E-state index in [1.807, 2.05) is 6.07 Å². The second-order valence-corrected chi connectivity index (χ2v) is 8.78. The van der Waals surface area contributed by atoms with E-state index in [2.05, 4.69) is 54.2 Å². The van der Waals surface area contributed by atoms with Gasteiger partial charge < -0.3 is 10.1 Å². The summed E-state index contributed by atoms with van der Waals surface area (Å²) in [7, 11) is 0. The Bertz CT molecular complexity index is 768. The number of hydrogen-bond donors (Lipinski definition) is 1. The van der Waals surface area contributed by atoms with Crippen molar-refractivity contribution >= 4 is 50.7 Å². The van der Waals surface area contributed by atoms with E-state index in [0.717, 1.165) is 10.2 Å². The van der Waals surface area contributed by atoms with Crippen LogP contribution in [-0.4, -0.2) is 12.5 Å². The molecule has 2 aromatic rings. The number of ether oxygens (including phenoxy) is 1. The van der Waals surface area contributed by atoms with Gasteiger partial charge in [-0.1, -0.05) is 50.0 Å². The number of amides is 1. The zero-order valence-electron chi connectivity index (χ0n) is 15.0. The van der Waals surface area contributed by atoms with E-state index in [-0.39, 0.29) is 11.3 Å². The highest BCUT2D eigenvalue weighted by atomic mass is 79.9. The predicted molar refractivity (Wildman–Crippen MR) is 113 cm³/mol. The van der Waals surface area contributed by atoms with Crippen LogP contribution >= 0.6 is 39.1 Å². The Morgan fingerprint density at radius 2 is 1.77 bits per heavy atom. The molecule has 1 N–H and O–H groups in total. The maximum absolute atomic E-state index is 12.0. The van der Waals surface area contributed by atoms with Crippen LogP contribution in [-0.2, 0) is 10.2 Å². The minimum absolute atomic E-state index is 0.0857. The fraction of sp³-hybridized carbons (Fsp3) is 0.350. The van der Waals surface area contributed by atoms with Gasteiger partial charge in [0.2, 0.25) is 5.91 Å². The fourth-order valence-electron chi connectivity index (χ4n) is 2.35. The number of hydrogen-bond acceptors (Lipinski definition) is 2. The average molecular weight is 459 g/mol. The van der Waals surface area contributed by atoms with Gasteiger partial charge in [0.05, 0.1) is 11.1 Å². The molecule has 0 heterocycles. The lowest BCUT2D eigenvalue weighted by atomic mass is 9.87. The molecule has 0 unspecified atom stereocenters. The van der Waals surface area contributed by atoms with Crippen molar-refractivity contribution in [2.75, 3.05) is 11.9 Å². The maximum atomic E-state index is 12.0. The third-order valence-electron chi connectivity index (χ3n) is 3.75. The van der Waals surface area contributed by atoms with Gasteiger partial charge >= 0.3 is 0 Å². The monoisotopic (exact) mass is 457 g/mol. The quantitative estimate of drug-likeness (QED) is 0.480. The van der Waals surface area contributed by atoms with Crippen LogP contribution in [0.5, 0.6) is 5.75 Å². The van der Waals surface area contributed by atoms with E-state index in [0.29, 0.717) is 35.2 Å². The largest absolute Gasteiger partial charge is 0.492 e.